The number of carbonyl (C=O) groups is 1. The molecule has 1 N–H and O–H groups in total. The van der Waals surface area contributed by atoms with Crippen molar-refractivity contribution in [1.29, 1.82) is 0 Å². The molecule has 0 atom stereocenters. The molecule has 1 fully saturated rings. The Hall–Kier alpha value is -1.95. The molecular weight excluding hydrogens is 332 g/mol. The number of nitrogens with zero attached hydrogens (tertiary/aromatic N) is 1. The van der Waals surface area contributed by atoms with Gasteiger partial charge in [0.15, 0.2) is 11.5 Å². The van der Waals surface area contributed by atoms with E-state index in [1.165, 1.54) is 38.5 Å². The predicted octanol–water partition coefficient (Wildman–Crippen LogP) is 2.98. The van der Waals surface area contributed by atoms with Gasteiger partial charge in [-0.25, -0.2) is 0 Å². The number of amides is 1. The number of hydrogen-bond acceptors (Lipinski definition) is 5. The molecule has 1 aliphatic carbocycles. The van der Waals surface area contributed by atoms with E-state index in [0.29, 0.717) is 36.4 Å². The Balaban J connectivity index is 1.93. The van der Waals surface area contributed by atoms with Gasteiger partial charge in [-0.1, -0.05) is 25.7 Å². The minimum atomic E-state index is 0.0218. The highest BCUT2D eigenvalue weighted by atomic mass is 16.5. The van der Waals surface area contributed by atoms with Gasteiger partial charge in [0.25, 0.3) is 0 Å². The van der Waals surface area contributed by atoms with E-state index in [1.807, 2.05) is 13.1 Å². The van der Waals surface area contributed by atoms with Gasteiger partial charge in [0, 0.05) is 24.2 Å². The molecule has 0 heterocycles. The number of hydrogen-bond donors (Lipinski definition) is 1. The highest BCUT2D eigenvalue weighted by Crippen LogP contribution is 2.34. The molecule has 2 rings (SSSR count). The van der Waals surface area contributed by atoms with Crippen LogP contribution in [0.25, 0.3) is 0 Å². The Morgan fingerprint density at radius 3 is 2.15 bits per heavy atom. The lowest BCUT2D eigenvalue weighted by molar-refractivity contribution is -0.122. The molecule has 0 unspecified atom stereocenters. The molecule has 26 heavy (non-hydrogen) atoms. The maximum Gasteiger partial charge on any atom is 0.234 e. The summed E-state index contributed by atoms with van der Waals surface area (Å²) in [5.74, 6) is 1.91. The van der Waals surface area contributed by atoms with Crippen LogP contribution in [0.4, 0.5) is 0 Å². The molecule has 1 aromatic rings. The molecule has 0 saturated heterocycles. The quantitative estimate of drug-likeness (QED) is 0.719. The topological polar surface area (TPSA) is 60.0 Å². The summed E-state index contributed by atoms with van der Waals surface area (Å²) in [6.45, 7) is 0.807. The van der Waals surface area contributed by atoms with Gasteiger partial charge in [-0.15, -0.1) is 0 Å². The van der Waals surface area contributed by atoms with Crippen LogP contribution in [0.5, 0.6) is 17.2 Å². The van der Waals surface area contributed by atoms with E-state index in [4.69, 9.17) is 14.2 Å². The first-order valence-electron chi connectivity index (χ1n) is 9.34. The minimum absolute atomic E-state index is 0.0218. The van der Waals surface area contributed by atoms with Crippen LogP contribution in [-0.2, 0) is 11.3 Å². The maximum atomic E-state index is 12.4. The first kappa shape index (κ1) is 20.4. The molecule has 6 nitrogen and oxygen atoms in total. The molecule has 1 aliphatic rings. The van der Waals surface area contributed by atoms with Gasteiger partial charge < -0.3 is 19.5 Å². The molecule has 0 spiro atoms. The standard InChI is InChI=1S/C20H32N2O4/c1-22(16-9-7-5-6-8-10-16)14-20(23)21-13-15-11-18(25-3)19(26-4)12-17(15)24-2/h11-12,16H,5-10,13-14H2,1-4H3,(H,21,23). The Labute approximate surface area is 156 Å². The maximum absolute atomic E-state index is 12.4. The van der Waals surface area contributed by atoms with Crippen molar-refractivity contribution < 1.29 is 19.0 Å². The summed E-state index contributed by atoms with van der Waals surface area (Å²) in [5.41, 5.74) is 0.857. The van der Waals surface area contributed by atoms with Crippen LogP contribution < -0.4 is 19.5 Å². The summed E-state index contributed by atoms with van der Waals surface area (Å²) >= 11 is 0. The van der Waals surface area contributed by atoms with E-state index in [0.717, 1.165) is 5.56 Å². The Morgan fingerprint density at radius 2 is 1.58 bits per heavy atom. The number of carbonyl (C=O) groups excluding carboxylic acids is 1. The van der Waals surface area contributed by atoms with E-state index in [9.17, 15) is 4.79 Å². The van der Waals surface area contributed by atoms with Crippen molar-refractivity contribution in [2.75, 3.05) is 34.9 Å². The molecule has 0 aromatic heterocycles. The molecular formula is C20H32N2O4. The summed E-state index contributed by atoms with van der Waals surface area (Å²) in [6, 6.07) is 4.13. The first-order valence-corrected chi connectivity index (χ1v) is 9.34. The zero-order valence-electron chi connectivity index (χ0n) is 16.5. The van der Waals surface area contributed by atoms with Crippen molar-refractivity contribution in [2.24, 2.45) is 0 Å². The molecule has 6 heteroatoms. The summed E-state index contributed by atoms with van der Waals surface area (Å²) in [6.07, 6.45) is 7.53. The van der Waals surface area contributed by atoms with Crippen LogP contribution in [0, 0.1) is 0 Å². The number of ether oxygens (including phenoxy) is 3. The number of nitrogens with one attached hydrogen (secondary N) is 1. The SMILES string of the molecule is COc1cc(OC)c(OC)cc1CNC(=O)CN(C)C1CCCCCC1. The van der Waals surface area contributed by atoms with Crippen LogP contribution in [0.1, 0.15) is 44.1 Å². The third-order valence-corrected chi connectivity index (χ3v) is 5.10. The van der Waals surface area contributed by atoms with E-state index in [1.54, 1.807) is 27.4 Å². The third-order valence-electron chi connectivity index (χ3n) is 5.10. The largest absolute Gasteiger partial charge is 0.496 e. The minimum Gasteiger partial charge on any atom is -0.496 e. The van der Waals surface area contributed by atoms with Crippen molar-refractivity contribution in [3.8, 4) is 17.2 Å². The van der Waals surface area contributed by atoms with Gasteiger partial charge >= 0.3 is 0 Å². The van der Waals surface area contributed by atoms with Gasteiger partial charge in [-0.2, -0.15) is 0 Å². The number of methoxy groups -OCH3 is 3. The molecule has 146 valence electrons. The molecule has 1 saturated carbocycles. The van der Waals surface area contributed by atoms with Crippen molar-refractivity contribution in [3.63, 3.8) is 0 Å². The van der Waals surface area contributed by atoms with Crippen molar-refractivity contribution in [3.05, 3.63) is 17.7 Å². The van der Waals surface area contributed by atoms with Crippen LogP contribution in [0.3, 0.4) is 0 Å². The highest BCUT2D eigenvalue weighted by Gasteiger charge is 2.19. The Bertz CT molecular complexity index is 583. The van der Waals surface area contributed by atoms with E-state index in [-0.39, 0.29) is 5.91 Å². The van der Waals surface area contributed by atoms with E-state index >= 15 is 0 Å². The summed E-state index contributed by atoms with van der Waals surface area (Å²) < 4.78 is 16.0. The second-order valence-corrected chi connectivity index (χ2v) is 6.86. The van der Waals surface area contributed by atoms with Gasteiger partial charge in [0.05, 0.1) is 27.9 Å². The smallest absolute Gasteiger partial charge is 0.234 e. The van der Waals surface area contributed by atoms with E-state index in [2.05, 4.69) is 10.2 Å². The van der Waals surface area contributed by atoms with Gasteiger partial charge in [-0.05, 0) is 26.0 Å². The first-order chi connectivity index (χ1) is 12.6. The second kappa shape index (κ2) is 10.3. The van der Waals surface area contributed by atoms with Gasteiger partial charge in [0.1, 0.15) is 5.75 Å². The van der Waals surface area contributed by atoms with Gasteiger partial charge in [-0.3, -0.25) is 9.69 Å². The highest BCUT2D eigenvalue weighted by molar-refractivity contribution is 5.78. The average Bonchev–Trinajstić information content (AvgIpc) is 2.95. The lowest BCUT2D eigenvalue weighted by Crippen LogP contribution is -2.40. The summed E-state index contributed by atoms with van der Waals surface area (Å²) in [4.78, 5) is 14.6. The normalized spacial score (nSPS) is 15.4. The summed E-state index contributed by atoms with van der Waals surface area (Å²) in [7, 11) is 6.83. The molecule has 0 radical (unpaired) electrons. The molecule has 0 bridgehead atoms. The number of rotatable bonds is 8. The average molecular weight is 364 g/mol. The Kier molecular flexibility index (Phi) is 8.04. The van der Waals surface area contributed by atoms with Crippen LogP contribution in [0.2, 0.25) is 0 Å². The van der Waals surface area contributed by atoms with Crippen LogP contribution in [-0.4, -0.2) is 51.8 Å². The summed E-state index contributed by atoms with van der Waals surface area (Å²) in [5, 5.41) is 2.99. The number of likely N-dealkylation sites (N-methyl/N-ethyl adjacent to an activating group) is 1. The van der Waals surface area contributed by atoms with Crippen LogP contribution in [0.15, 0.2) is 12.1 Å². The predicted molar refractivity (Wildman–Crippen MR) is 102 cm³/mol. The van der Waals surface area contributed by atoms with E-state index < -0.39 is 0 Å². The number of benzene rings is 1. The zero-order chi connectivity index (χ0) is 18.9. The third kappa shape index (κ3) is 5.53. The fraction of sp³-hybridized carbons (Fsp3) is 0.650. The second-order valence-electron chi connectivity index (χ2n) is 6.86. The lowest BCUT2D eigenvalue weighted by atomic mass is 10.1. The molecule has 0 aliphatic heterocycles. The Morgan fingerprint density at radius 1 is 1.00 bits per heavy atom. The van der Waals surface area contributed by atoms with Crippen molar-refractivity contribution in [2.45, 2.75) is 51.1 Å². The van der Waals surface area contributed by atoms with Crippen molar-refractivity contribution >= 4 is 5.91 Å². The fourth-order valence-electron chi connectivity index (χ4n) is 3.53. The monoisotopic (exact) mass is 364 g/mol. The molecule has 1 amide bonds. The van der Waals surface area contributed by atoms with Crippen LogP contribution >= 0.6 is 0 Å². The molecule has 1 aromatic carbocycles. The lowest BCUT2D eigenvalue weighted by Gasteiger charge is -2.26. The fourth-order valence-corrected chi connectivity index (χ4v) is 3.53. The zero-order valence-corrected chi connectivity index (χ0v) is 16.5. The van der Waals surface area contributed by atoms with Crippen molar-refractivity contribution in [1.82, 2.24) is 10.2 Å². The van der Waals surface area contributed by atoms with Gasteiger partial charge in [0.2, 0.25) is 5.91 Å².